The quantitative estimate of drug-likeness (QED) is 0.554. The molecule has 4 heteroatoms. The molecular formula is C9H18O3P+. The average Bonchev–Trinajstić information content (AvgIpc) is 1.95. The van der Waals surface area contributed by atoms with Gasteiger partial charge in [-0.05, 0) is 11.8 Å². The summed E-state index contributed by atoms with van der Waals surface area (Å²) in [6.07, 6.45) is 1.89. The molecular weight excluding hydrogens is 187 g/mol. The SMILES string of the molecule is CC(C)C(=CCO[P+](=O)O)C(C)C. The molecule has 3 nitrogen and oxygen atoms in total. The van der Waals surface area contributed by atoms with Crippen molar-refractivity contribution in [3.8, 4) is 0 Å². The molecule has 0 bridgehead atoms. The Balaban J connectivity index is 4.13. The number of allylic oxidation sites excluding steroid dienone is 1. The molecule has 0 amide bonds. The van der Waals surface area contributed by atoms with E-state index < -0.39 is 8.25 Å². The predicted molar refractivity (Wildman–Crippen MR) is 53.5 cm³/mol. The molecule has 0 spiro atoms. The summed E-state index contributed by atoms with van der Waals surface area (Å²) in [6.45, 7) is 8.63. The molecule has 13 heavy (non-hydrogen) atoms. The lowest BCUT2D eigenvalue weighted by atomic mass is 9.92. The Labute approximate surface area is 80.8 Å². The maximum atomic E-state index is 10.2. The van der Waals surface area contributed by atoms with Crippen LogP contribution in [0.25, 0.3) is 0 Å². The minimum Gasteiger partial charge on any atom is -0.133 e. The van der Waals surface area contributed by atoms with Gasteiger partial charge in [-0.3, -0.25) is 0 Å². The minimum atomic E-state index is -2.46. The molecule has 0 radical (unpaired) electrons. The fraction of sp³-hybridized carbons (Fsp3) is 0.778. The Kier molecular flexibility index (Phi) is 6.13. The fourth-order valence-corrected chi connectivity index (χ4v) is 1.54. The van der Waals surface area contributed by atoms with E-state index in [9.17, 15) is 4.57 Å². The van der Waals surface area contributed by atoms with E-state index in [2.05, 4.69) is 32.2 Å². The van der Waals surface area contributed by atoms with Crippen LogP contribution in [-0.2, 0) is 9.09 Å². The third-order valence-electron chi connectivity index (χ3n) is 1.84. The Bertz CT molecular complexity index is 187. The molecule has 0 aliphatic rings. The second kappa shape index (κ2) is 6.25. The third-order valence-corrected chi connectivity index (χ3v) is 2.21. The molecule has 0 aromatic carbocycles. The zero-order chi connectivity index (χ0) is 10.4. The largest absolute Gasteiger partial charge is 0.695 e. The van der Waals surface area contributed by atoms with Crippen molar-refractivity contribution in [3.63, 3.8) is 0 Å². The maximum Gasteiger partial charge on any atom is 0.695 e. The van der Waals surface area contributed by atoms with Crippen LogP contribution in [0, 0.1) is 11.8 Å². The Morgan fingerprint density at radius 1 is 1.38 bits per heavy atom. The first-order chi connectivity index (χ1) is 5.95. The van der Waals surface area contributed by atoms with Crippen LogP contribution in [0.5, 0.6) is 0 Å². The van der Waals surface area contributed by atoms with Gasteiger partial charge in [-0.15, -0.1) is 9.42 Å². The molecule has 0 saturated heterocycles. The number of rotatable bonds is 5. The highest BCUT2D eigenvalue weighted by Crippen LogP contribution is 2.20. The predicted octanol–water partition coefficient (Wildman–Crippen LogP) is 2.89. The Morgan fingerprint density at radius 2 is 1.85 bits per heavy atom. The van der Waals surface area contributed by atoms with Gasteiger partial charge in [0, 0.05) is 4.57 Å². The van der Waals surface area contributed by atoms with Crippen LogP contribution in [0.15, 0.2) is 11.6 Å². The van der Waals surface area contributed by atoms with Crippen molar-refractivity contribution in [3.05, 3.63) is 11.6 Å². The van der Waals surface area contributed by atoms with Gasteiger partial charge in [-0.2, -0.15) is 0 Å². The van der Waals surface area contributed by atoms with Crippen LogP contribution in [-0.4, -0.2) is 11.5 Å². The number of hydrogen-bond acceptors (Lipinski definition) is 2. The first kappa shape index (κ1) is 12.8. The van der Waals surface area contributed by atoms with Crippen molar-refractivity contribution in [2.75, 3.05) is 6.61 Å². The first-order valence-corrected chi connectivity index (χ1v) is 5.57. The van der Waals surface area contributed by atoms with Crippen LogP contribution < -0.4 is 0 Å². The van der Waals surface area contributed by atoms with E-state index in [0.29, 0.717) is 11.8 Å². The molecule has 0 fully saturated rings. The molecule has 0 aromatic heterocycles. The summed E-state index contributed by atoms with van der Waals surface area (Å²) < 4.78 is 14.8. The van der Waals surface area contributed by atoms with Gasteiger partial charge in [0.1, 0.15) is 6.61 Å². The highest BCUT2D eigenvalue weighted by Gasteiger charge is 2.12. The van der Waals surface area contributed by atoms with Crippen molar-refractivity contribution in [2.45, 2.75) is 27.7 Å². The molecule has 1 atom stereocenters. The van der Waals surface area contributed by atoms with Crippen LogP contribution in [0.4, 0.5) is 0 Å². The summed E-state index contributed by atoms with van der Waals surface area (Å²) >= 11 is 0. The van der Waals surface area contributed by atoms with Gasteiger partial charge >= 0.3 is 8.25 Å². The van der Waals surface area contributed by atoms with Crippen molar-refractivity contribution in [2.24, 2.45) is 11.8 Å². The normalized spacial score (nSPS) is 12.1. The van der Waals surface area contributed by atoms with Gasteiger partial charge in [-0.1, -0.05) is 39.3 Å². The van der Waals surface area contributed by atoms with E-state index in [1.807, 2.05) is 6.08 Å². The summed E-state index contributed by atoms with van der Waals surface area (Å²) in [5, 5.41) is 0. The number of hydrogen-bond donors (Lipinski definition) is 1. The fourth-order valence-electron chi connectivity index (χ4n) is 1.34. The lowest BCUT2D eigenvalue weighted by Gasteiger charge is -2.14. The molecule has 76 valence electrons. The second-order valence-corrected chi connectivity index (χ2v) is 4.28. The highest BCUT2D eigenvalue weighted by molar-refractivity contribution is 7.32. The Hall–Kier alpha value is -0.240. The summed E-state index contributed by atoms with van der Waals surface area (Å²) in [5.41, 5.74) is 1.26. The van der Waals surface area contributed by atoms with E-state index in [0.717, 1.165) is 0 Å². The third kappa shape index (κ3) is 5.92. The summed E-state index contributed by atoms with van der Waals surface area (Å²) in [7, 11) is -2.46. The minimum absolute atomic E-state index is 0.220. The topological polar surface area (TPSA) is 46.5 Å². The highest BCUT2D eigenvalue weighted by atomic mass is 31.1. The molecule has 0 aromatic rings. The van der Waals surface area contributed by atoms with E-state index >= 15 is 0 Å². The Morgan fingerprint density at radius 3 is 2.15 bits per heavy atom. The van der Waals surface area contributed by atoms with Crippen molar-refractivity contribution >= 4 is 8.25 Å². The molecule has 0 aliphatic heterocycles. The van der Waals surface area contributed by atoms with Crippen LogP contribution >= 0.6 is 8.25 Å². The van der Waals surface area contributed by atoms with Crippen LogP contribution in [0.2, 0.25) is 0 Å². The van der Waals surface area contributed by atoms with E-state index in [4.69, 9.17) is 4.89 Å². The van der Waals surface area contributed by atoms with E-state index in [-0.39, 0.29) is 6.61 Å². The van der Waals surface area contributed by atoms with Crippen LogP contribution in [0.3, 0.4) is 0 Å². The molecule has 0 saturated carbocycles. The van der Waals surface area contributed by atoms with E-state index in [1.165, 1.54) is 5.57 Å². The van der Waals surface area contributed by atoms with Crippen LogP contribution in [0.1, 0.15) is 27.7 Å². The van der Waals surface area contributed by atoms with Gasteiger partial charge in [0.25, 0.3) is 0 Å². The van der Waals surface area contributed by atoms with Crippen molar-refractivity contribution in [1.82, 2.24) is 0 Å². The molecule has 0 heterocycles. The standard InChI is InChI=1S/C9H17O3P/c1-7(2)9(8(3)4)5-6-12-13(10)11/h5,7-8H,6H2,1-4H3/p+1. The van der Waals surface area contributed by atoms with Crippen molar-refractivity contribution in [1.29, 1.82) is 0 Å². The molecule has 0 rings (SSSR count). The zero-order valence-corrected chi connectivity index (χ0v) is 9.54. The van der Waals surface area contributed by atoms with Gasteiger partial charge in [0.05, 0.1) is 0 Å². The maximum absolute atomic E-state index is 10.2. The summed E-state index contributed by atoms with van der Waals surface area (Å²) in [6, 6.07) is 0. The molecule has 1 unspecified atom stereocenters. The molecule has 1 N–H and O–H groups in total. The van der Waals surface area contributed by atoms with Gasteiger partial charge in [0.15, 0.2) is 0 Å². The van der Waals surface area contributed by atoms with Crippen molar-refractivity contribution < 1.29 is 14.0 Å². The average molecular weight is 205 g/mol. The van der Waals surface area contributed by atoms with Gasteiger partial charge < -0.3 is 0 Å². The second-order valence-electron chi connectivity index (χ2n) is 3.55. The van der Waals surface area contributed by atoms with Gasteiger partial charge in [0.2, 0.25) is 0 Å². The van der Waals surface area contributed by atoms with E-state index in [1.54, 1.807) is 0 Å². The summed E-state index contributed by atoms with van der Waals surface area (Å²) in [4.78, 5) is 8.40. The summed E-state index contributed by atoms with van der Waals surface area (Å²) in [5.74, 6) is 0.917. The zero-order valence-electron chi connectivity index (χ0n) is 8.65. The smallest absolute Gasteiger partial charge is 0.133 e. The lowest BCUT2D eigenvalue weighted by Crippen LogP contribution is -2.03. The molecule has 0 aliphatic carbocycles. The van der Waals surface area contributed by atoms with Gasteiger partial charge in [-0.25, -0.2) is 0 Å². The first-order valence-electron chi connectivity index (χ1n) is 4.44. The monoisotopic (exact) mass is 205 g/mol. The lowest BCUT2D eigenvalue weighted by molar-refractivity contribution is 0.310.